The molecular weight excluding hydrogens is 448 g/mol. The van der Waals surface area contributed by atoms with Crippen molar-refractivity contribution in [3.05, 3.63) is 39.1 Å². The van der Waals surface area contributed by atoms with Crippen molar-refractivity contribution in [2.45, 2.75) is 70.0 Å². The molecule has 6 rings (SSSR count). The van der Waals surface area contributed by atoms with Gasteiger partial charge in [0.1, 0.15) is 11.5 Å². The predicted octanol–water partition coefficient (Wildman–Crippen LogP) is 0.557. The highest BCUT2D eigenvalue weighted by atomic mass is 16.3. The number of hydrogen-bond acceptors (Lipinski definition) is 7. The second-order valence-corrected chi connectivity index (χ2v) is 10.2. The van der Waals surface area contributed by atoms with Gasteiger partial charge in [0.05, 0.1) is 12.2 Å². The number of aromatic nitrogens is 5. The van der Waals surface area contributed by atoms with Gasteiger partial charge in [-0.2, -0.15) is 9.61 Å². The van der Waals surface area contributed by atoms with Crippen molar-refractivity contribution in [1.29, 1.82) is 0 Å². The lowest BCUT2D eigenvalue weighted by atomic mass is 9.91. The molecule has 5 N–H and O–H groups in total. The quantitative estimate of drug-likeness (QED) is 0.349. The van der Waals surface area contributed by atoms with E-state index in [1.54, 1.807) is 16.8 Å². The van der Waals surface area contributed by atoms with E-state index in [1.165, 1.54) is 0 Å². The van der Waals surface area contributed by atoms with E-state index in [9.17, 15) is 14.7 Å². The van der Waals surface area contributed by atoms with Crippen molar-refractivity contribution in [2.75, 3.05) is 5.32 Å². The van der Waals surface area contributed by atoms with Crippen LogP contribution in [0.25, 0.3) is 11.7 Å². The highest BCUT2D eigenvalue weighted by molar-refractivity contribution is 5.81. The van der Waals surface area contributed by atoms with Crippen LogP contribution in [0.4, 0.5) is 5.82 Å². The van der Waals surface area contributed by atoms with Crippen LogP contribution in [-0.4, -0.2) is 53.7 Å². The Balaban J connectivity index is 1.24. The lowest BCUT2D eigenvalue weighted by Gasteiger charge is -2.30. The third-order valence-electron chi connectivity index (χ3n) is 7.25. The van der Waals surface area contributed by atoms with Gasteiger partial charge in [-0.1, -0.05) is 6.92 Å². The number of hydrogen-bond donors (Lipinski definition) is 5. The van der Waals surface area contributed by atoms with Gasteiger partial charge in [-0.25, -0.2) is 9.78 Å². The van der Waals surface area contributed by atoms with Crippen molar-refractivity contribution in [3.63, 3.8) is 0 Å². The van der Waals surface area contributed by atoms with Gasteiger partial charge in [0.2, 0.25) is 11.8 Å². The van der Waals surface area contributed by atoms with Gasteiger partial charge in [-0.05, 0) is 56.9 Å². The second-order valence-electron chi connectivity index (χ2n) is 10.2. The average molecular weight is 479 g/mol. The summed E-state index contributed by atoms with van der Waals surface area (Å²) in [4.78, 5) is 38.3. The van der Waals surface area contributed by atoms with Crippen LogP contribution in [0, 0.1) is 11.8 Å². The number of fused-ring (bicyclic) bond motifs is 1. The molecule has 35 heavy (non-hydrogen) atoms. The number of amides is 1. The minimum Gasteiger partial charge on any atom is -0.493 e. The van der Waals surface area contributed by atoms with Crippen LogP contribution in [0.5, 0.6) is 5.88 Å². The molecule has 3 heterocycles. The zero-order chi connectivity index (χ0) is 24.1. The van der Waals surface area contributed by atoms with Crippen LogP contribution in [0.3, 0.4) is 0 Å². The van der Waals surface area contributed by atoms with Gasteiger partial charge in [0, 0.05) is 29.3 Å². The molecule has 1 amide bonds. The van der Waals surface area contributed by atoms with Gasteiger partial charge in [-0.15, -0.1) is 0 Å². The van der Waals surface area contributed by atoms with E-state index in [0.29, 0.717) is 22.8 Å². The Hall–Kier alpha value is -3.63. The first kappa shape index (κ1) is 21.9. The molecule has 2 atom stereocenters. The molecule has 0 aliphatic heterocycles. The fourth-order valence-corrected chi connectivity index (χ4v) is 4.86. The van der Waals surface area contributed by atoms with Crippen molar-refractivity contribution < 1.29 is 9.90 Å². The van der Waals surface area contributed by atoms with Gasteiger partial charge >= 0.3 is 5.69 Å². The molecule has 2 unspecified atom stereocenters. The summed E-state index contributed by atoms with van der Waals surface area (Å²) in [6.45, 7) is 2.13. The maximum absolute atomic E-state index is 12.3. The Bertz CT molecular complexity index is 1440. The third-order valence-corrected chi connectivity index (χ3v) is 7.25. The molecule has 3 fully saturated rings. The molecule has 0 bridgehead atoms. The normalized spacial score (nSPS) is 27.3. The van der Waals surface area contributed by atoms with Crippen LogP contribution in [0.1, 0.15) is 57.6 Å². The summed E-state index contributed by atoms with van der Waals surface area (Å²) >= 11 is 0. The van der Waals surface area contributed by atoms with E-state index in [0.717, 1.165) is 56.3 Å². The molecule has 3 aliphatic carbocycles. The number of rotatable bonds is 6. The summed E-state index contributed by atoms with van der Waals surface area (Å²) in [6.07, 6.45) is 10.2. The predicted molar refractivity (Wildman–Crippen MR) is 129 cm³/mol. The second kappa shape index (κ2) is 8.54. The zero-order valence-corrected chi connectivity index (χ0v) is 19.6. The molecule has 11 heteroatoms. The number of anilines is 1. The largest absolute Gasteiger partial charge is 0.493 e. The van der Waals surface area contributed by atoms with Crippen molar-refractivity contribution >= 4 is 23.4 Å². The topological polar surface area (TPSA) is 153 Å². The molecule has 184 valence electrons. The first-order valence-electron chi connectivity index (χ1n) is 12.5. The Morgan fingerprint density at radius 1 is 1.20 bits per heavy atom. The number of H-pyrrole nitrogens is 2. The van der Waals surface area contributed by atoms with Crippen molar-refractivity contribution in [1.82, 2.24) is 29.9 Å². The van der Waals surface area contributed by atoms with E-state index >= 15 is 0 Å². The van der Waals surface area contributed by atoms with Crippen molar-refractivity contribution in [2.24, 2.45) is 16.8 Å². The van der Waals surface area contributed by atoms with Gasteiger partial charge < -0.3 is 20.7 Å². The molecule has 3 aromatic rings. The van der Waals surface area contributed by atoms with E-state index < -0.39 is 5.69 Å². The fraction of sp³-hybridized carbons (Fsp3) is 0.542. The molecule has 0 saturated heterocycles. The summed E-state index contributed by atoms with van der Waals surface area (Å²) in [5, 5.41) is 21.9. The van der Waals surface area contributed by atoms with Gasteiger partial charge in [0.25, 0.3) is 0 Å². The smallest absolute Gasteiger partial charge is 0.326 e. The molecule has 11 nitrogen and oxygen atoms in total. The first-order chi connectivity index (χ1) is 16.9. The number of carbonyl (C=O) groups is 1. The SMILES string of the molecule is CC1CC1C(=O)NC1CCC(Nc2cc(=NC3CC3)n3nc/c(=C/c4[nH]c(=O)[nH]c4O)c3n2)CC1. The van der Waals surface area contributed by atoms with E-state index in [1.807, 2.05) is 6.07 Å². The third kappa shape index (κ3) is 4.67. The maximum Gasteiger partial charge on any atom is 0.326 e. The summed E-state index contributed by atoms with van der Waals surface area (Å²) in [6, 6.07) is 2.74. The zero-order valence-electron chi connectivity index (χ0n) is 19.6. The summed E-state index contributed by atoms with van der Waals surface area (Å²) < 4.78 is 1.70. The fourth-order valence-electron chi connectivity index (χ4n) is 4.86. The average Bonchev–Trinajstić information content (AvgIpc) is 3.72. The first-order valence-corrected chi connectivity index (χ1v) is 12.5. The molecule has 3 aliphatic rings. The molecular formula is C24H30N8O3. The van der Waals surface area contributed by atoms with Crippen LogP contribution in [-0.2, 0) is 4.79 Å². The number of imidazole rings is 1. The minimum atomic E-state index is -0.483. The summed E-state index contributed by atoms with van der Waals surface area (Å²) in [5.74, 6) is 1.44. The maximum atomic E-state index is 12.3. The lowest BCUT2D eigenvalue weighted by Crippen LogP contribution is -2.41. The molecule has 3 aromatic heterocycles. The van der Waals surface area contributed by atoms with Gasteiger partial charge in [-0.3, -0.25) is 14.8 Å². The van der Waals surface area contributed by atoms with Crippen LogP contribution in [0.15, 0.2) is 22.1 Å². The van der Waals surface area contributed by atoms with Crippen LogP contribution >= 0.6 is 0 Å². The highest BCUT2D eigenvalue weighted by Gasteiger charge is 2.40. The Labute approximate surface area is 200 Å². The van der Waals surface area contributed by atoms with Gasteiger partial charge in [0.15, 0.2) is 11.1 Å². The van der Waals surface area contributed by atoms with Crippen LogP contribution < -0.4 is 27.0 Å². The Morgan fingerprint density at radius 2 is 1.94 bits per heavy atom. The summed E-state index contributed by atoms with van der Waals surface area (Å²) in [5.41, 5.74) is 1.11. The minimum absolute atomic E-state index is 0.211. The van der Waals surface area contributed by atoms with E-state index in [4.69, 9.17) is 9.98 Å². The number of nitrogens with one attached hydrogen (secondary N) is 4. The monoisotopic (exact) mass is 478 g/mol. The standard InChI is InChI=1S/C24H30N8O3/c1-12-8-17(12)22(33)28-16-6-2-14(3-7-16)26-19-10-20(27-15-4-5-15)32-21(30-19)13(11-25-32)9-18-23(34)31-24(35)29-18/h9-12,14-17,26,34H,2-8H2,1H3,(H,28,33)(H2,29,31,35)/b13-9-,27-20?. The van der Waals surface area contributed by atoms with Crippen LogP contribution in [0.2, 0.25) is 0 Å². The lowest BCUT2D eigenvalue weighted by molar-refractivity contribution is -0.123. The number of aromatic amines is 2. The molecule has 0 aromatic carbocycles. The van der Waals surface area contributed by atoms with Crippen molar-refractivity contribution in [3.8, 4) is 5.88 Å². The Kier molecular flexibility index (Phi) is 5.34. The molecule has 0 radical (unpaired) electrons. The molecule has 3 saturated carbocycles. The van der Waals surface area contributed by atoms with E-state index in [-0.39, 0.29) is 35.5 Å². The number of nitrogens with zero attached hydrogens (tertiary/aromatic N) is 4. The summed E-state index contributed by atoms with van der Waals surface area (Å²) in [7, 11) is 0. The number of carbonyl (C=O) groups excluding carboxylic acids is 1. The Morgan fingerprint density at radius 3 is 2.60 bits per heavy atom. The molecule has 0 spiro atoms. The highest BCUT2D eigenvalue weighted by Crippen LogP contribution is 2.38. The number of aromatic hydroxyl groups is 1. The van der Waals surface area contributed by atoms with E-state index in [2.05, 4.69) is 32.6 Å².